The van der Waals surface area contributed by atoms with Crippen molar-refractivity contribution < 1.29 is 9.32 Å². The molecule has 0 aromatic carbocycles. The third kappa shape index (κ3) is 5.20. The zero-order chi connectivity index (χ0) is 17.2. The molecule has 0 aliphatic heterocycles. The van der Waals surface area contributed by atoms with E-state index in [1.54, 1.807) is 6.08 Å². The number of nitrogens with one attached hydrogen (secondary N) is 1. The third-order valence-corrected chi connectivity index (χ3v) is 3.61. The Hall–Kier alpha value is -2.17. The smallest absolute Gasteiger partial charge is 0.315 e. The molecular weight excluding hydrogens is 290 g/mol. The summed E-state index contributed by atoms with van der Waals surface area (Å²) in [5.74, 6) is 0.260. The van der Waals surface area contributed by atoms with Crippen LogP contribution in [0.15, 0.2) is 40.5 Å². The first kappa shape index (κ1) is 18.9. The number of carbonyl (C=O) groups excluding carboxylic acids is 1. The number of hydrogen-bond donors (Lipinski definition) is 1. The van der Waals surface area contributed by atoms with Crippen LogP contribution in [0.5, 0.6) is 0 Å². The van der Waals surface area contributed by atoms with E-state index in [2.05, 4.69) is 29.0 Å². The van der Waals surface area contributed by atoms with Gasteiger partial charge in [-0.05, 0) is 31.8 Å². The van der Waals surface area contributed by atoms with Crippen molar-refractivity contribution in [3.63, 3.8) is 0 Å². The first-order valence-electron chi connectivity index (χ1n) is 8.28. The zero-order valence-electron chi connectivity index (χ0n) is 14.6. The summed E-state index contributed by atoms with van der Waals surface area (Å²) >= 11 is 0. The summed E-state index contributed by atoms with van der Waals surface area (Å²) in [4.78, 5) is 16.3. The van der Waals surface area contributed by atoms with Crippen LogP contribution in [0.3, 0.4) is 0 Å². The van der Waals surface area contributed by atoms with Crippen molar-refractivity contribution in [3.05, 3.63) is 47.7 Å². The molecule has 5 heteroatoms. The molecule has 1 N–H and O–H groups in total. The molecule has 0 radical (unpaired) electrons. The van der Waals surface area contributed by atoms with E-state index in [-0.39, 0.29) is 17.8 Å². The van der Waals surface area contributed by atoms with E-state index in [4.69, 9.17) is 4.52 Å². The number of rotatable bonds is 5. The molecule has 1 atom stereocenters. The Morgan fingerprint density at radius 3 is 2.83 bits per heavy atom. The molecule has 1 amide bonds. The molecule has 1 aliphatic rings. The highest BCUT2D eigenvalue weighted by atomic mass is 16.5. The fraction of sp³-hybridized carbons (Fsp3) is 0.500. The van der Waals surface area contributed by atoms with E-state index >= 15 is 0 Å². The molecule has 0 spiro atoms. The second kappa shape index (κ2) is 9.77. The minimum atomic E-state index is -0.314. The number of nitrogens with zero attached hydrogens (tertiary/aromatic N) is 2. The summed E-state index contributed by atoms with van der Waals surface area (Å²) in [5.41, 5.74) is 2.44. The lowest BCUT2D eigenvalue weighted by Crippen LogP contribution is -2.37. The Morgan fingerprint density at radius 2 is 2.22 bits per heavy atom. The normalized spacial score (nSPS) is 17.7. The lowest BCUT2D eigenvalue weighted by atomic mass is 9.88. The molecular formula is C18H27N3O2. The Balaban J connectivity index is 0.00000127. The number of aromatic nitrogens is 2. The molecule has 0 saturated heterocycles. The van der Waals surface area contributed by atoms with Crippen molar-refractivity contribution >= 4 is 5.91 Å². The van der Waals surface area contributed by atoms with Gasteiger partial charge >= 0.3 is 11.8 Å². The van der Waals surface area contributed by atoms with Crippen LogP contribution in [0.4, 0.5) is 0 Å². The van der Waals surface area contributed by atoms with Gasteiger partial charge in [0.1, 0.15) is 0 Å². The van der Waals surface area contributed by atoms with Crippen LogP contribution in [0, 0.1) is 0 Å². The van der Waals surface area contributed by atoms with Crippen molar-refractivity contribution in [2.24, 2.45) is 0 Å². The van der Waals surface area contributed by atoms with Gasteiger partial charge in [0.15, 0.2) is 5.82 Å². The molecule has 0 saturated carbocycles. The van der Waals surface area contributed by atoms with Crippen molar-refractivity contribution in [2.45, 2.75) is 59.4 Å². The molecule has 126 valence electrons. The number of amides is 1. The second-order valence-electron chi connectivity index (χ2n) is 5.12. The quantitative estimate of drug-likeness (QED) is 0.833. The predicted octanol–water partition coefficient (Wildman–Crippen LogP) is 4.00. The highest BCUT2D eigenvalue weighted by Crippen LogP contribution is 2.26. The number of hydrogen-bond acceptors (Lipinski definition) is 4. The third-order valence-electron chi connectivity index (χ3n) is 3.61. The Labute approximate surface area is 138 Å². The van der Waals surface area contributed by atoms with Gasteiger partial charge in [-0.2, -0.15) is 4.98 Å². The first-order chi connectivity index (χ1) is 11.2. The van der Waals surface area contributed by atoms with Crippen LogP contribution in [0.1, 0.15) is 63.5 Å². The number of allylic oxidation sites excluding steroid dienone is 3. The van der Waals surface area contributed by atoms with E-state index < -0.39 is 0 Å². The van der Waals surface area contributed by atoms with Gasteiger partial charge in [-0.15, -0.1) is 0 Å². The van der Waals surface area contributed by atoms with Gasteiger partial charge in [0.05, 0.1) is 6.04 Å². The lowest BCUT2D eigenvalue weighted by molar-refractivity contribution is 0.0896. The Kier molecular flexibility index (Phi) is 8.02. The standard InChI is InChI=1S/C16H21N3O2.C2H6/c1-4-6-9-12-11(3)8-7-10-13(12)17-15(20)16-18-14(5-2)19-21-16;1-2/h4,6,9,13H,1,5,7-8,10H2,2-3H3,(H,17,20);1-2H3/b9-6-;. The molecule has 1 aromatic heterocycles. The highest BCUT2D eigenvalue weighted by Gasteiger charge is 2.24. The van der Waals surface area contributed by atoms with Crippen molar-refractivity contribution in [3.8, 4) is 0 Å². The minimum Gasteiger partial charge on any atom is -0.341 e. The highest BCUT2D eigenvalue weighted by molar-refractivity contribution is 5.90. The molecule has 1 unspecified atom stereocenters. The maximum absolute atomic E-state index is 12.2. The minimum absolute atomic E-state index is 0.0144. The Morgan fingerprint density at radius 1 is 1.48 bits per heavy atom. The van der Waals surface area contributed by atoms with E-state index in [0.29, 0.717) is 12.2 Å². The predicted molar refractivity (Wildman–Crippen MR) is 92.2 cm³/mol. The van der Waals surface area contributed by atoms with Crippen LogP contribution < -0.4 is 5.32 Å². The molecule has 0 bridgehead atoms. The van der Waals surface area contributed by atoms with E-state index in [1.807, 2.05) is 32.9 Å². The molecule has 1 aromatic rings. The maximum Gasteiger partial charge on any atom is 0.315 e. The van der Waals surface area contributed by atoms with Gasteiger partial charge in [0.2, 0.25) is 0 Å². The van der Waals surface area contributed by atoms with Crippen LogP contribution in [0.25, 0.3) is 0 Å². The lowest BCUT2D eigenvalue weighted by Gasteiger charge is -2.26. The van der Waals surface area contributed by atoms with Crippen molar-refractivity contribution in [1.82, 2.24) is 15.5 Å². The molecule has 23 heavy (non-hydrogen) atoms. The van der Waals surface area contributed by atoms with Crippen molar-refractivity contribution in [1.29, 1.82) is 0 Å². The van der Waals surface area contributed by atoms with Gasteiger partial charge in [-0.25, -0.2) is 0 Å². The monoisotopic (exact) mass is 317 g/mol. The summed E-state index contributed by atoms with van der Waals surface area (Å²) < 4.78 is 4.98. The number of aryl methyl sites for hydroxylation is 1. The summed E-state index contributed by atoms with van der Waals surface area (Å²) in [6.07, 6.45) is 9.32. The largest absolute Gasteiger partial charge is 0.341 e. The van der Waals surface area contributed by atoms with Gasteiger partial charge < -0.3 is 9.84 Å². The van der Waals surface area contributed by atoms with E-state index in [0.717, 1.165) is 24.8 Å². The molecule has 5 nitrogen and oxygen atoms in total. The van der Waals surface area contributed by atoms with Crippen LogP contribution in [-0.2, 0) is 6.42 Å². The van der Waals surface area contributed by atoms with Gasteiger partial charge in [-0.1, -0.05) is 56.3 Å². The maximum atomic E-state index is 12.2. The van der Waals surface area contributed by atoms with E-state index in [1.165, 1.54) is 5.57 Å². The van der Waals surface area contributed by atoms with Gasteiger partial charge in [-0.3, -0.25) is 4.79 Å². The summed E-state index contributed by atoms with van der Waals surface area (Å²) in [6.45, 7) is 11.7. The number of carbonyl (C=O) groups is 1. The second-order valence-corrected chi connectivity index (χ2v) is 5.12. The average molecular weight is 317 g/mol. The van der Waals surface area contributed by atoms with Gasteiger partial charge in [0.25, 0.3) is 0 Å². The molecule has 1 heterocycles. The van der Waals surface area contributed by atoms with Crippen LogP contribution >= 0.6 is 0 Å². The first-order valence-corrected chi connectivity index (χ1v) is 8.28. The van der Waals surface area contributed by atoms with Crippen LogP contribution in [0.2, 0.25) is 0 Å². The molecule has 2 rings (SSSR count). The Bertz CT molecular complexity index is 585. The zero-order valence-corrected chi connectivity index (χ0v) is 14.6. The summed E-state index contributed by atoms with van der Waals surface area (Å²) in [7, 11) is 0. The fourth-order valence-electron chi connectivity index (χ4n) is 2.46. The van der Waals surface area contributed by atoms with Crippen LogP contribution in [-0.4, -0.2) is 22.1 Å². The topological polar surface area (TPSA) is 68.0 Å². The summed E-state index contributed by atoms with van der Waals surface area (Å²) in [6, 6.07) is -0.0144. The fourth-order valence-corrected chi connectivity index (χ4v) is 2.46. The summed E-state index contributed by atoms with van der Waals surface area (Å²) in [5, 5.41) is 6.73. The SMILES string of the molecule is C=C/C=C\C1=C(C)CCCC1NC(=O)c1nc(CC)no1.CC. The van der Waals surface area contributed by atoms with E-state index in [9.17, 15) is 4.79 Å². The molecule has 1 aliphatic carbocycles. The molecule has 0 fully saturated rings. The van der Waals surface area contributed by atoms with Gasteiger partial charge in [0, 0.05) is 6.42 Å². The average Bonchev–Trinajstić information content (AvgIpc) is 3.05. The van der Waals surface area contributed by atoms with Crippen molar-refractivity contribution in [2.75, 3.05) is 0 Å².